The number of likely N-dealkylation sites (tertiary alicyclic amines) is 1. The van der Waals surface area contributed by atoms with Crippen molar-refractivity contribution in [2.24, 2.45) is 0 Å². The zero-order valence-electron chi connectivity index (χ0n) is 13.9. The topological polar surface area (TPSA) is 37.6 Å². The lowest BCUT2D eigenvalue weighted by molar-refractivity contribution is 0.0115. The third-order valence-electron chi connectivity index (χ3n) is 4.98. The van der Waals surface area contributed by atoms with Gasteiger partial charge in [0.1, 0.15) is 17.3 Å². The summed E-state index contributed by atoms with van der Waals surface area (Å²) in [6.45, 7) is 5.42. The van der Waals surface area contributed by atoms with E-state index in [1.54, 1.807) is 6.07 Å². The fraction of sp³-hybridized carbons (Fsp3) is 0.474. The fourth-order valence-corrected chi connectivity index (χ4v) is 3.89. The Morgan fingerprint density at radius 2 is 2.25 bits per heavy atom. The van der Waals surface area contributed by atoms with Crippen LogP contribution in [0.3, 0.4) is 0 Å². The lowest BCUT2D eigenvalue weighted by Crippen LogP contribution is -2.33. The van der Waals surface area contributed by atoms with Gasteiger partial charge in [-0.1, -0.05) is 6.07 Å². The molecule has 3 heterocycles. The molecule has 0 saturated carbocycles. The van der Waals surface area contributed by atoms with Crippen molar-refractivity contribution in [3.63, 3.8) is 0 Å². The molecule has 2 saturated heterocycles. The number of nitrogens with one attached hydrogen (secondary N) is 1. The third kappa shape index (κ3) is 3.32. The van der Waals surface area contributed by atoms with Crippen LogP contribution in [0.2, 0.25) is 0 Å². The Morgan fingerprint density at radius 3 is 3.04 bits per heavy atom. The van der Waals surface area contributed by atoms with E-state index in [0.29, 0.717) is 6.61 Å². The van der Waals surface area contributed by atoms with Crippen LogP contribution in [0, 0.1) is 12.7 Å². The molecule has 2 aliphatic heterocycles. The molecule has 0 radical (unpaired) electrons. The third-order valence-corrected chi connectivity index (χ3v) is 4.98. The van der Waals surface area contributed by atoms with Gasteiger partial charge in [0.2, 0.25) is 0 Å². The summed E-state index contributed by atoms with van der Waals surface area (Å²) in [7, 11) is 0. The summed E-state index contributed by atoms with van der Waals surface area (Å²) in [5.41, 5.74) is 0.744. The van der Waals surface area contributed by atoms with Gasteiger partial charge in [0.25, 0.3) is 0 Å². The molecule has 2 fully saturated rings. The van der Waals surface area contributed by atoms with Gasteiger partial charge in [-0.2, -0.15) is 0 Å². The maximum absolute atomic E-state index is 13.3. The quantitative estimate of drug-likeness (QED) is 0.930. The first kappa shape index (κ1) is 15.7. The number of anilines is 1. The molecule has 1 aromatic heterocycles. The normalized spacial score (nSPS) is 27.2. The maximum Gasteiger partial charge on any atom is 0.125 e. The predicted octanol–water partition coefficient (Wildman–Crippen LogP) is 3.57. The van der Waals surface area contributed by atoms with Crippen molar-refractivity contribution in [3.05, 3.63) is 53.7 Å². The molecule has 2 aliphatic rings. The van der Waals surface area contributed by atoms with Crippen molar-refractivity contribution in [3.8, 4) is 0 Å². The Hall–Kier alpha value is -1.85. The molecule has 4 rings (SSSR count). The van der Waals surface area contributed by atoms with Gasteiger partial charge in [0.15, 0.2) is 0 Å². The minimum Gasteiger partial charge on any atom is -0.465 e. The zero-order chi connectivity index (χ0) is 16.6. The van der Waals surface area contributed by atoms with Gasteiger partial charge in [-0.25, -0.2) is 4.39 Å². The van der Waals surface area contributed by atoms with Crippen LogP contribution in [0.4, 0.5) is 10.1 Å². The molecule has 128 valence electrons. The lowest BCUT2D eigenvalue weighted by atomic mass is 9.97. The average molecular weight is 330 g/mol. The summed E-state index contributed by atoms with van der Waals surface area (Å²) in [6.07, 6.45) is 1.99. The monoisotopic (exact) mass is 330 g/mol. The molecule has 5 heteroatoms. The highest BCUT2D eigenvalue weighted by Crippen LogP contribution is 2.36. The molecular formula is C19H23FN2O2. The van der Waals surface area contributed by atoms with E-state index >= 15 is 0 Å². The number of halogens is 1. The van der Waals surface area contributed by atoms with Crippen molar-refractivity contribution in [1.29, 1.82) is 0 Å². The molecule has 4 nitrogen and oxygen atoms in total. The Balaban J connectivity index is 1.34. The predicted molar refractivity (Wildman–Crippen MR) is 90.4 cm³/mol. The minimum absolute atomic E-state index is 0.0768. The summed E-state index contributed by atoms with van der Waals surface area (Å²) >= 11 is 0. The average Bonchev–Trinajstić information content (AvgIpc) is 3.23. The highest BCUT2D eigenvalue weighted by Gasteiger charge is 2.45. The molecular weight excluding hydrogens is 307 g/mol. The van der Waals surface area contributed by atoms with Gasteiger partial charge in [-0.05, 0) is 43.7 Å². The Morgan fingerprint density at radius 1 is 1.33 bits per heavy atom. The second kappa shape index (κ2) is 6.22. The van der Waals surface area contributed by atoms with Crippen LogP contribution in [0.5, 0.6) is 0 Å². The fourth-order valence-electron chi connectivity index (χ4n) is 3.89. The van der Waals surface area contributed by atoms with E-state index in [-0.39, 0.29) is 17.5 Å². The molecule has 0 aliphatic carbocycles. The van der Waals surface area contributed by atoms with Crippen LogP contribution >= 0.6 is 0 Å². The summed E-state index contributed by atoms with van der Waals surface area (Å²) < 4.78 is 25.1. The number of hydrogen-bond donors (Lipinski definition) is 1. The zero-order valence-corrected chi connectivity index (χ0v) is 13.9. The maximum atomic E-state index is 13.3. The number of furan rings is 1. The van der Waals surface area contributed by atoms with E-state index in [1.807, 2.05) is 25.1 Å². The SMILES string of the molecule is Cc1ccc(CN2CC[C@]3(C[C@@H](Nc4cccc(F)c4)CO3)C2)o1. The van der Waals surface area contributed by atoms with Crippen LogP contribution in [-0.4, -0.2) is 36.2 Å². The van der Waals surface area contributed by atoms with E-state index < -0.39 is 0 Å². The van der Waals surface area contributed by atoms with Crippen LogP contribution in [-0.2, 0) is 11.3 Å². The smallest absolute Gasteiger partial charge is 0.125 e. The van der Waals surface area contributed by atoms with Crippen molar-refractivity contribution in [1.82, 2.24) is 4.90 Å². The number of hydrogen-bond acceptors (Lipinski definition) is 4. The van der Waals surface area contributed by atoms with E-state index in [1.165, 1.54) is 12.1 Å². The van der Waals surface area contributed by atoms with Gasteiger partial charge in [-0.15, -0.1) is 0 Å². The van der Waals surface area contributed by atoms with E-state index in [0.717, 1.165) is 49.7 Å². The summed E-state index contributed by atoms with van der Waals surface area (Å²) in [6, 6.07) is 10.9. The summed E-state index contributed by atoms with van der Waals surface area (Å²) in [4.78, 5) is 2.39. The molecule has 1 aromatic carbocycles. The van der Waals surface area contributed by atoms with Crippen molar-refractivity contribution in [2.75, 3.05) is 25.0 Å². The minimum atomic E-state index is -0.214. The lowest BCUT2D eigenvalue weighted by Gasteiger charge is -2.23. The first-order valence-electron chi connectivity index (χ1n) is 8.54. The van der Waals surface area contributed by atoms with E-state index in [2.05, 4.69) is 10.2 Å². The molecule has 2 atom stereocenters. The standard InChI is InChI=1S/C19H23FN2O2/c1-14-5-6-18(24-14)11-22-8-7-19(13-22)10-17(12-23-19)21-16-4-2-3-15(20)9-16/h2-6,9,17,21H,7-8,10-13H2,1H3/t17-,19+/m1/s1. The molecule has 1 N–H and O–H groups in total. The van der Waals surface area contributed by atoms with E-state index in [9.17, 15) is 4.39 Å². The second-order valence-corrected chi connectivity index (χ2v) is 7.02. The summed E-state index contributed by atoms with van der Waals surface area (Å²) in [5, 5.41) is 3.40. The molecule has 0 amide bonds. The van der Waals surface area contributed by atoms with Crippen molar-refractivity contribution >= 4 is 5.69 Å². The largest absolute Gasteiger partial charge is 0.465 e. The Kier molecular flexibility index (Phi) is 4.06. The first-order valence-corrected chi connectivity index (χ1v) is 8.54. The highest BCUT2D eigenvalue weighted by atomic mass is 19.1. The second-order valence-electron chi connectivity index (χ2n) is 7.02. The number of benzene rings is 1. The van der Waals surface area contributed by atoms with Gasteiger partial charge >= 0.3 is 0 Å². The van der Waals surface area contributed by atoms with Crippen molar-refractivity contribution in [2.45, 2.75) is 38.0 Å². The van der Waals surface area contributed by atoms with Crippen molar-refractivity contribution < 1.29 is 13.5 Å². The van der Waals surface area contributed by atoms with Gasteiger partial charge in [0.05, 0.1) is 24.8 Å². The number of rotatable bonds is 4. The van der Waals surface area contributed by atoms with Gasteiger partial charge < -0.3 is 14.5 Å². The number of ether oxygens (including phenoxy) is 1. The van der Waals surface area contributed by atoms with Gasteiger partial charge in [0, 0.05) is 25.2 Å². The Labute approximate surface area is 141 Å². The number of aryl methyl sites for hydroxylation is 1. The molecule has 0 bridgehead atoms. The number of nitrogens with zero attached hydrogens (tertiary/aromatic N) is 1. The first-order chi connectivity index (χ1) is 11.6. The molecule has 0 unspecified atom stereocenters. The van der Waals surface area contributed by atoms with Crippen LogP contribution in [0.15, 0.2) is 40.8 Å². The molecule has 2 aromatic rings. The summed E-state index contributed by atoms with van der Waals surface area (Å²) in [5.74, 6) is 1.75. The van der Waals surface area contributed by atoms with Gasteiger partial charge in [-0.3, -0.25) is 4.90 Å². The molecule has 24 heavy (non-hydrogen) atoms. The van der Waals surface area contributed by atoms with Crippen LogP contribution in [0.1, 0.15) is 24.4 Å². The highest BCUT2D eigenvalue weighted by molar-refractivity contribution is 5.44. The van der Waals surface area contributed by atoms with E-state index in [4.69, 9.17) is 9.15 Å². The molecule has 1 spiro atoms. The van der Waals surface area contributed by atoms with Crippen LogP contribution in [0.25, 0.3) is 0 Å². The Bertz CT molecular complexity index is 717. The van der Waals surface area contributed by atoms with Crippen LogP contribution < -0.4 is 5.32 Å².